The molecule has 2 aliphatic rings. The van der Waals surface area contributed by atoms with Crippen LogP contribution in [0.3, 0.4) is 0 Å². The quantitative estimate of drug-likeness (QED) is 0.450. The molecule has 32 heavy (non-hydrogen) atoms. The number of nitrogens with zero attached hydrogens (tertiary/aromatic N) is 4. The average molecular weight is 431 g/mol. The summed E-state index contributed by atoms with van der Waals surface area (Å²) in [6.07, 6.45) is 1.47. The van der Waals surface area contributed by atoms with Crippen LogP contribution in [0.5, 0.6) is 0 Å². The molecule has 2 fully saturated rings. The maximum Gasteiger partial charge on any atom is 0.253 e. The van der Waals surface area contributed by atoms with Crippen LogP contribution in [-0.2, 0) is 13.6 Å². The monoisotopic (exact) mass is 430 g/mol. The van der Waals surface area contributed by atoms with E-state index >= 15 is 0 Å². The number of fused-ring (bicyclic) bond motifs is 2. The number of hydrogen-bond donors (Lipinski definition) is 0. The number of likely N-dealkylation sites (tertiary alicyclic amines) is 1. The number of rotatable bonds is 3. The van der Waals surface area contributed by atoms with Gasteiger partial charge in [0.15, 0.2) is 5.82 Å². The lowest BCUT2D eigenvalue weighted by Crippen LogP contribution is -2.45. The van der Waals surface area contributed by atoms with Gasteiger partial charge in [-0.3, -0.25) is 4.79 Å². The Bertz CT molecular complexity index is 1360. The van der Waals surface area contributed by atoms with Gasteiger partial charge in [-0.05, 0) is 56.5 Å². The first-order valence-electron chi connectivity index (χ1n) is 11.5. The molecule has 1 aliphatic carbocycles. The van der Waals surface area contributed by atoms with E-state index in [1.54, 1.807) is 0 Å². The van der Waals surface area contributed by atoms with Crippen molar-refractivity contribution in [3.8, 4) is 11.5 Å². The first-order chi connectivity index (χ1) is 15.5. The van der Waals surface area contributed by atoms with Gasteiger partial charge < -0.3 is 14.0 Å². The highest BCUT2D eigenvalue weighted by molar-refractivity contribution is 5.98. The van der Waals surface area contributed by atoms with Crippen molar-refractivity contribution in [1.29, 1.82) is 0 Å². The highest BCUT2D eigenvalue weighted by atomic mass is 19.1. The zero-order valence-electron chi connectivity index (χ0n) is 18.5. The van der Waals surface area contributed by atoms with E-state index in [1.165, 1.54) is 10.9 Å². The van der Waals surface area contributed by atoms with Crippen LogP contribution in [-0.4, -0.2) is 44.2 Å². The number of aryl methyl sites for hydroxylation is 2. The third-order valence-corrected chi connectivity index (χ3v) is 7.49. The number of hydrogen-bond acceptors (Lipinski definition) is 2. The number of para-hydroxylation sites is 1. The van der Waals surface area contributed by atoms with Crippen molar-refractivity contribution in [2.75, 3.05) is 13.1 Å². The van der Waals surface area contributed by atoms with Gasteiger partial charge in [-0.2, -0.15) is 0 Å². The van der Waals surface area contributed by atoms with Gasteiger partial charge in [-0.25, -0.2) is 9.37 Å². The number of imidazole rings is 1. The Hall–Kier alpha value is -3.15. The minimum Gasteiger partial charge on any atom is -0.338 e. The van der Waals surface area contributed by atoms with Crippen LogP contribution in [0.25, 0.3) is 33.5 Å². The van der Waals surface area contributed by atoms with E-state index in [4.69, 9.17) is 4.98 Å². The second kappa shape index (κ2) is 6.92. The zero-order valence-corrected chi connectivity index (χ0v) is 18.5. The summed E-state index contributed by atoms with van der Waals surface area (Å²) in [5.41, 5.74) is 4.42. The van der Waals surface area contributed by atoms with Gasteiger partial charge >= 0.3 is 0 Å². The molecular weight excluding hydrogens is 403 g/mol. The number of alkyl halides is 1. The number of benzene rings is 2. The Morgan fingerprint density at radius 3 is 2.75 bits per heavy atom. The summed E-state index contributed by atoms with van der Waals surface area (Å²) in [6.45, 7) is 4.02. The predicted octanol–water partition coefficient (Wildman–Crippen LogP) is 5.18. The smallest absolute Gasteiger partial charge is 0.253 e. The predicted molar refractivity (Wildman–Crippen MR) is 124 cm³/mol. The number of piperidine rings is 1. The highest BCUT2D eigenvalue weighted by Gasteiger charge is 2.53. The molecular formula is C26H27FN4O. The summed E-state index contributed by atoms with van der Waals surface area (Å²) in [5, 5.41) is 1.19. The summed E-state index contributed by atoms with van der Waals surface area (Å²) in [6, 6.07) is 16.3. The largest absolute Gasteiger partial charge is 0.338 e. The molecule has 0 N–H and O–H groups in total. The third-order valence-electron chi connectivity index (χ3n) is 7.49. The van der Waals surface area contributed by atoms with Crippen LogP contribution in [0, 0.1) is 5.41 Å². The van der Waals surface area contributed by atoms with Crippen molar-refractivity contribution in [2.24, 2.45) is 12.5 Å². The lowest BCUT2D eigenvalue weighted by Gasteiger charge is -2.35. The molecule has 0 unspecified atom stereocenters. The molecule has 5 nitrogen and oxygen atoms in total. The minimum absolute atomic E-state index is 0.0139. The fraction of sp³-hybridized carbons (Fsp3) is 0.385. The normalized spacial score (nSPS) is 19.8. The summed E-state index contributed by atoms with van der Waals surface area (Å²) >= 11 is 0. The summed E-state index contributed by atoms with van der Waals surface area (Å²) in [5.74, 6) is 0.873. The Balaban J connectivity index is 1.38. The Labute approximate surface area is 186 Å². The maximum atomic E-state index is 14.3. The fourth-order valence-corrected chi connectivity index (χ4v) is 5.42. The van der Waals surface area contributed by atoms with E-state index in [1.807, 2.05) is 30.1 Å². The molecule has 1 saturated carbocycles. The average Bonchev–Trinajstić information content (AvgIpc) is 3.37. The number of amides is 1. The minimum atomic E-state index is -0.766. The maximum absolute atomic E-state index is 14.3. The first-order valence-corrected chi connectivity index (χ1v) is 11.5. The molecule has 1 aliphatic heterocycles. The van der Waals surface area contributed by atoms with Crippen LogP contribution in [0.2, 0.25) is 0 Å². The Morgan fingerprint density at radius 1 is 1.16 bits per heavy atom. The highest BCUT2D eigenvalue weighted by Crippen LogP contribution is 2.53. The summed E-state index contributed by atoms with van der Waals surface area (Å²) in [7, 11) is 2.02. The molecule has 6 heteroatoms. The van der Waals surface area contributed by atoms with E-state index in [2.05, 4.69) is 46.4 Å². The van der Waals surface area contributed by atoms with Gasteiger partial charge in [0.1, 0.15) is 6.17 Å². The van der Waals surface area contributed by atoms with Crippen LogP contribution in [0.1, 0.15) is 36.5 Å². The van der Waals surface area contributed by atoms with Crippen LogP contribution in [0.15, 0.2) is 48.5 Å². The standard InChI is InChI=1S/C26H27FN4O/c1-3-31-20-7-5-4-6-17(20)15-22(31)24-28-19-14-18(8-9-21(19)29(24)2)25(32)30-13-10-23(27)26(16-30)11-12-26/h4-9,14-15,23H,3,10-13,16H2,1-2H3/t23-/m1/s1. The van der Waals surface area contributed by atoms with Crippen molar-refractivity contribution in [3.63, 3.8) is 0 Å². The van der Waals surface area contributed by atoms with Crippen LogP contribution >= 0.6 is 0 Å². The van der Waals surface area contributed by atoms with E-state index in [-0.39, 0.29) is 11.3 Å². The van der Waals surface area contributed by atoms with E-state index in [9.17, 15) is 9.18 Å². The topological polar surface area (TPSA) is 43.1 Å². The lowest BCUT2D eigenvalue weighted by atomic mass is 9.92. The molecule has 1 atom stereocenters. The molecule has 3 heterocycles. The van der Waals surface area contributed by atoms with Crippen LogP contribution < -0.4 is 0 Å². The molecule has 1 saturated heterocycles. The molecule has 2 aromatic heterocycles. The first kappa shape index (κ1) is 19.5. The van der Waals surface area contributed by atoms with Crippen molar-refractivity contribution in [3.05, 3.63) is 54.1 Å². The van der Waals surface area contributed by atoms with Gasteiger partial charge in [-0.15, -0.1) is 0 Å². The SMILES string of the molecule is CCn1c(-c2nc3cc(C(=O)N4CC[C@@H](F)C5(CC5)C4)ccc3n2C)cc2ccccc21. The van der Waals surface area contributed by atoms with Gasteiger partial charge in [0, 0.05) is 48.6 Å². The van der Waals surface area contributed by atoms with Crippen molar-refractivity contribution >= 4 is 27.8 Å². The van der Waals surface area contributed by atoms with Gasteiger partial charge in [0.2, 0.25) is 0 Å². The zero-order chi connectivity index (χ0) is 22.0. The number of carbonyl (C=O) groups excluding carboxylic acids is 1. The Morgan fingerprint density at radius 2 is 1.97 bits per heavy atom. The summed E-state index contributed by atoms with van der Waals surface area (Å²) in [4.78, 5) is 20.0. The number of carbonyl (C=O) groups is 1. The number of halogens is 1. The van der Waals surface area contributed by atoms with E-state index < -0.39 is 6.17 Å². The Kier molecular flexibility index (Phi) is 4.23. The van der Waals surface area contributed by atoms with Crippen molar-refractivity contribution < 1.29 is 9.18 Å². The molecule has 6 rings (SSSR count). The molecule has 164 valence electrons. The molecule has 1 amide bonds. The molecule has 4 aromatic rings. The van der Waals surface area contributed by atoms with Crippen LogP contribution in [0.4, 0.5) is 4.39 Å². The molecule has 1 spiro atoms. The number of aromatic nitrogens is 3. The van der Waals surface area contributed by atoms with Crippen molar-refractivity contribution in [1.82, 2.24) is 19.0 Å². The second-order valence-electron chi connectivity index (χ2n) is 9.38. The van der Waals surface area contributed by atoms with Gasteiger partial charge in [0.25, 0.3) is 5.91 Å². The van der Waals surface area contributed by atoms with E-state index in [0.29, 0.717) is 25.1 Å². The van der Waals surface area contributed by atoms with E-state index in [0.717, 1.165) is 41.9 Å². The molecule has 2 aromatic carbocycles. The van der Waals surface area contributed by atoms with Gasteiger partial charge in [0.05, 0.1) is 16.7 Å². The molecule has 0 radical (unpaired) electrons. The molecule has 0 bridgehead atoms. The fourth-order valence-electron chi connectivity index (χ4n) is 5.42. The lowest BCUT2D eigenvalue weighted by molar-refractivity contribution is 0.0472. The third kappa shape index (κ3) is 2.81. The van der Waals surface area contributed by atoms with Gasteiger partial charge in [-0.1, -0.05) is 18.2 Å². The second-order valence-corrected chi connectivity index (χ2v) is 9.38. The summed E-state index contributed by atoms with van der Waals surface area (Å²) < 4.78 is 18.6. The van der Waals surface area contributed by atoms with Crippen molar-refractivity contribution in [2.45, 2.75) is 38.9 Å².